The molecule has 2 nitrogen and oxygen atoms in total. The first-order valence-corrected chi connectivity index (χ1v) is 5.61. The lowest BCUT2D eigenvalue weighted by atomic mass is 10.1. The Morgan fingerprint density at radius 1 is 1.15 bits per heavy atom. The van der Waals surface area contributed by atoms with E-state index in [2.05, 4.69) is 32.7 Å². The highest BCUT2D eigenvalue weighted by atomic mass is 15.1. The second-order valence-corrected chi connectivity index (χ2v) is 3.96. The smallest absolute Gasteiger partial charge is 0.0167 e. The molecule has 0 aromatic heterocycles. The molecule has 0 rings (SSSR count). The second-order valence-electron chi connectivity index (χ2n) is 3.96. The van der Waals surface area contributed by atoms with E-state index in [9.17, 15) is 0 Å². The van der Waals surface area contributed by atoms with Crippen LogP contribution >= 0.6 is 0 Å². The molecule has 0 aromatic carbocycles. The van der Waals surface area contributed by atoms with Gasteiger partial charge in [-0.25, -0.2) is 0 Å². The van der Waals surface area contributed by atoms with Gasteiger partial charge in [0.05, 0.1) is 0 Å². The van der Waals surface area contributed by atoms with Crippen molar-refractivity contribution < 1.29 is 0 Å². The molecular weight excluding hydrogens is 160 g/mol. The largest absolute Gasteiger partial charge is 0.327 e. The summed E-state index contributed by atoms with van der Waals surface area (Å²) in [6.45, 7) is 7.73. The van der Waals surface area contributed by atoms with Crippen molar-refractivity contribution in [2.24, 2.45) is 5.73 Å². The van der Waals surface area contributed by atoms with Crippen LogP contribution in [0.5, 0.6) is 0 Å². The lowest BCUT2D eigenvalue weighted by Crippen LogP contribution is -2.40. The Morgan fingerprint density at radius 2 is 1.69 bits per heavy atom. The summed E-state index contributed by atoms with van der Waals surface area (Å²) in [6.07, 6.45) is 4.79. The van der Waals surface area contributed by atoms with Crippen molar-refractivity contribution in [3.8, 4) is 0 Å². The number of nitrogens with zero attached hydrogens (tertiary/aromatic N) is 1. The third-order valence-electron chi connectivity index (χ3n) is 2.75. The van der Waals surface area contributed by atoms with Crippen LogP contribution in [0.2, 0.25) is 0 Å². The zero-order chi connectivity index (χ0) is 10.3. The fourth-order valence-corrected chi connectivity index (χ4v) is 1.89. The molecule has 0 spiro atoms. The van der Waals surface area contributed by atoms with Crippen LogP contribution in [0.1, 0.15) is 46.5 Å². The van der Waals surface area contributed by atoms with E-state index in [1.54, 1.807) is 0 Å². The highest BCUT2D eigenvalue weighted by Crippen LogP contribution is 2.07. The van der Waals surface area contributed by atoms with E-state index in [0.717, 1.165) is 13.0 Å². The topological polar surface area (TPSA) is 29.3 Å². The van der Waals surface area contributed by atoms with E-state index < -0.39 is 0 Å². The third kappa shape index (κ3) is 5.27. The fourth-order valence-electron chi connectivity index (χ4n) is 1.89. The van der Waals surface area contributed by atoms with E-state index >= 15 is 0 Å². The van der Waals surface area contributed by atoms with Gasteiger partial charge in [0.15, 0.2) is 0 Å². The van der Waals surface area contributed by atoms with Gasteiger partial charge in [-0.05, 0) is 26.3 Å². The molecule has 2 N–H and O–H groups in total. The molecule has 13 heavy (non-hydrogen) atoms. The number of hydrogen-bond acceptors (Lipinski definition) is 2. The Hall–Kier alpha value is -0.0800. The summed E-state index contributed by atoms with van der Waals surface area (Å²) in [7, 11) is 2.19. The van der Waals surface area contributed by atoms with Crippen LogP contribution in [0.3, 0.4) is 0 Å². The van der Waals surface area contributed by atoms with Crippen LogP contribution in [0.4, 0.5) is 0 Å². The van der Waals surface area contributed by atoms with Gasteiger partial charge in [0, 0.05) is 18.6 Å². The van der Waals surface area contributed by atoms with Gasteiger partial charge in [-0.2, -0.15) is 0 Å². The first-order chi connectivity index (χ1) is 6.15. The molecular formula is C11H26N2. The molecule has 0 aliphatic heterocycles. The quantitative estimate of drug-likeness (QED) is 0.660. The van der Waals surface area contributed by atoms with Crippen molar-refractivity contribution >= 4 is 0 Å². The zero-order valence-corrected chi connectivity index (χ0v) is 9.71. The van der Waals surface area contributed by atoms with Crippen molar-refractivity contribution in [1.82, 2.24) is 4.90 Å². The minimum Gasteiger partial charge on any atom is -0.327 e. The Balaban J connectivity index is 3.75. The number of hydrogen-bond donors (Lipinski definition) is 1. The molecule has 0 aliphatic carbocycles. The SMILES string of the molecule is CCCC(N)CN(C)C(CC)CC. The highest BCUT2D eigenvalue weighted by Gasteiger charge is 2.12. The third-order valence-corrected chi connectivity index (χ3v) is 2.75. The number of likely N-dealkylation sites (N-methyl/N-ethyl adjacent to an activating group) is 1. The molecule has 1 atom stereocenters. The Morgan fingerprint density at radius 3 is 2.08 bits per heavy atom. The van der Waals surface area contributed by atoms with Crippen LogP contribution < -0.4 is 5.73 Å². The van der Waals surface area contributed by atoms with Gasteiger partial charge in [0.25, 0.3) is 0 Å². The summed E-state index contributed by atoms with van der Waals surface area (Å²) < 4.78 is 0. The van der Waals surface area contributed by atoms with Gasteiger partial charge in [0.1, 0.15) is 0 Å². The molecule has 0 saturated carbocycles. The molecule has 0 amide bonds. The van der Waals surface area contributed by atoms with E-state index in [1.807, 2.05) is 0 Å². The Kier molecular flexibility index (Phi) is 7.29. The number of rotatable bonds is 7. The van der Waals surface area contributed by atoms with Gasteiger partial charge in [-0.15, -0.1) is 0 Å². The van der Waals surface area contributed by atoms with Crippen LogP contribution in [-0.4, -0.2) is 30.6 Å². The number of nitrogens with two attached hydrogens (primary N) is 1. The normalized spacial score (nSPS) is 14.1. The average Bonchev–Trinajstić information content (AvgIpc) is 2.06. The van der Waals surface area contributed by atoms with E-state index in [4.69, 9.17) is 5.73 Å². The summed E-state index contributed by atoms with van der Waals surface area (Å²) in [6, 6.07) is 1.07. The van der Waals surface area contributed by atoms with Gasteiger partial charge >= 0.3 is 0 Å². The first-order valence-electron chi connectivity index (χ1n) is 5.61. The summed E-state index contributed by atoms with van der Waals surface area (Å²) in [4.78, 5) is 2.40. The monoisotopic (exact) mass is 186 g/mol. The molecule has 1 unspecified atom stereocenters. The molecule has 0 bridgehead atoms. The summed E-state index contributed by atoms with van der Waals surface area (Å²) in [5.74, 6) is 0. The van der Waals surface area contributed by atoms with Gasteiger partial charge in [-0.1, -0.05) is 27.2 Å². The van der Waals surface area contributed by atoms with E-state index in [0.29, 0.717) is 12.1 Å². The summed E-state index contributed by atoms with van der Waals surface area (Å²) in [5, 5.41) is 0. The molecule has 0 radical (unpaired) electrons. The highest BCUT2D eigenvalue weighted by molar-refractivity contribution is 4.71. The Labute approximate surface area is 83.5 Å². The van der Waals surface area contributed by atoms with Crippen LogP contribution in [0.25, 0.3) is 0 Å². The van der Waals surface area contributed by atoms with Crippen LogP contribution in [0.15, 0.2) is 0 Å². The van der Waals surface area contributed by atoms with Crippen molar-refractivity contribution in [2.45, 2.75) is 58.5 Å². The maximum Gasteiger partial charge on any atom is 0.0167 e. The molecule has 80 valence electrons. The molecule has 0 aliphatic rings. The second kappa shape index (κ2) is 7.34. The summed E-state index contributed by atoms with van der Waals surface area (Å²) >= 11 is 0. The fraction of sp³-hybridized carbons (Fsp3) is 1.00. The predicted molar refractivity (Wildman–Crippen MR) is 59.9 cm³/mol. The van der Waals surface area contributed by atoms with Gasteiger partial charge in [0.2, 0.25) is 0 Å². The Bertz CT molecular complexity index is 111. The molecule has 0 saturated heterocycles. The average molecular weight is 186 g/mol. The van der Waals surface area contributed by atoms with E-state index in [1.165, 1.54) is 19.3 Å². The molecule has 0 aromatic rings. The predicted octanol–water partition coefficient (Wildman–Crippen LogP) is 2.23. The van der Waals surface area contributed by atoms with Crippen molar-refractivity contribution in [2.75, 3.05) is 13.6 Å². The van der Waals surface area contributed by atoms with Crippen LogP contribution in [0, 0.1) is 0 Å². The van der Waals surface area contributed by atoms with Crippen molar-refractivity contribution in [1.29, 1.82) is 0 Å². The lowest BCUT2D eigenvalue weighted by Gasteiger charge is -2.28. The van der Waals surface area contributed by atoms with Gasteiger partial charge < -0.3 is 10.6 Å². The first kappa shape index (κ1) is 12.9. The maximum absolute atomic E-state index is 5.99. The lowest BCUT2D eigenvalue weighted by molar-refractivity contribution is 0.213. The van der Waals surface area contributed by atoms with Crippen molar-refractivity contribution in [3.63, 3.8) is 0 Å². The molecule has 2 heteroatoms. The minimum atomic E-state index is 0.357. The molecule has 0 heterocycles. The van der Waals surface area contributed by atoms with Crippen LogP contribution in [-0.2, 0) is 0 Å². The van der Waals surface area contributed by atoms with Crippen molar-refractivity contribution in [3.05, 3.63) is 0 Å². The minimum absolute atomic E-state index is 0.357. The molecule has 0 fully saturated rings. The summed E-state index contributed by atoms with van der Waals surface area (Å²) in [5.41, 5.74) is 5.99. The van der Waals surface area contributed by atoms with Gasteiger partial charge in [-0.3, -0.25) is 0 Å². The zero-order valence-electron chi connectivity index (χ0n) is 9.71. The van der Waals surface area contributed by atoms with E-state index in [-0.39, 0.29) is 0 Å². The standard InChI is InChI=1S/C11H26N2/c1-5-8-10(12)9-13(4)11(6-2)7-3/h10-11H,5-9,12H2,1-4H3. The maximum atomic E-state index is 5.99.